The molecule has 1 aromatic heterocycles. The second kappa shape index (κ2) is 4.90. The second-order valence-corrected chi connectivity index (χ2v) is 3.62. The van der Waals surface area contributed by atoms with E-state index >= 15 is 0 Å². The summed E-state index contributed by atoms with van der Waals surface area (Å²) < 4.78 is 10.3. The van der Waals surface area contributed by atoms with E-state index in [9.17, 15) is 0 Å². The van der Waals surface area contributed by atoms with E-state index in [0.717, 1.165) is 16.3 Å². The van der Waals surface area contributed by atoms with E-state index in [4.69, 9.17) is 20.8 Å². The van der Waals surface area contributed by atoms with Crippen molar-refractivity contribution in [3.05, 3.63) is 52.7 Å². The van der Waals surface area contributed by atoms with E-state index in [1.165, 1.54) is 0 Å². The average molecular weight is 235 g/mol. The third-order valence-electron chi connectivity index (χ3n) is 2.14. The summed E-state index contributed by atoms with van der Waals surface area (Å²) in [6, 6.07) is 11.2. The largest absolute Gasteiger partial charge is 0.468 e. The van der Waals surface area contributed by atoms with Gasteiger partial charge < -0.3 is 9.15 Å². The monoisotopic (exact) mass is 234 g/mol. The predicted octanol–water partition coefficient (Wildman–Crippen LogP) is 4.11. The van der Waals surface area contributed by atoms with Gasteiger partial charge in [0.2, 0.25) is 0 Å². The average Bonchev–Trinajstić information content (AvgIpc) is 2.76. The van der Waals surface area contributed by atoms with Crippen molar-refractivity contribution < 1.29 is 9.15 Å². The molecule has 0 saturated heterocycles. The van der Waals surface area contributed by atoms with Crippen LogP contribution < -0.4 is 4.74 Å². The Balaban J connectivity index is 2.18. The van der Waals surface area contributed by atoms with Gasteiger partial charge in [0.05, 0.1) is 7.11 Å². The first kappa shape index (κ1) is 10.8. The molecule has 0 saturated carbocycles. The lowest BCUT2D eigenvalue weighted by Gasteiger charge is -1.95. The van der Waals surface area contributed by atoms with Gasteiger partial charge in [-0.15, -0.1) is 0 Å². The molecule has 0 amide bonds. The van der Waals surface area contributed by atoms with Crippen LogP contribution in [0.25, 0.3) is 12.2 Å². The Morgan fingerprint density at radius 2 is 1.94 bits per heavy atom. The van der Waals surface area contributed by atoms with E-state index in [-0.39, 0.29) is 0 Å². The molecule has 16 heavy (non-hydrogen) atoms. The van der Waals surface area contributed by atoms with Crippen LogP contribution >= 0.6 is 11.6 Å². The Bertz CT molecular complexity index is 500. The molecule has 0 bridgehead atoms. The van der Waals surface area contributed by atoms with Gasteiger partial charge in [0, 0.05) is 11.1 Å². The molecule has 0 atom stereocenters. The minimum Gasteiger partial charge on any atom is -0.468 e. The van der Waals surface area contributed by atoms with Crippen LogP contribution in [0.1, 0.15) is 11.3 Å². The molecule has 82 valence electrons. The number of halogens is 1. The fraction of sp³-hybridized carbons (Fsp3) is 0.0769. The summed E-state index contributed by atoms with van der Waals surface area (Å²) >= 11 is 6.02. The Kier molecular flexibility index (Phi) is 3.32. The molecule has 0 radical (unpaired) electrons. The van der Waals surface area contributed by atoms with Gasteiger partial charge >= 0.3 is 0 Å². The second-order valence-electron chi connectivity index (χ2n) is 3.22. The molecule has 0 unspecified atom stereocenters. The Hall–Kier alpha value is -1.67. The number of benzene rings is 1. The topological polar surface area (TPSA) is 22.4 Å². The molecular weight excluding hydrogens is 224 g/mol. The van der Waals surface area contributed by atoms with Crippen LogP contribution in [-0.2, 0) is 0 Å². The van der Waals surface area contributed by atoms with E-state index in [2.05, 4.69) is 0 Å². The lowest BCUT2D eigenvalue weighted by atomic mass is 10.2. The molecule has 2 aromatic rings. The van der Waals surface area contributed by atoms with Crippen molar-refractivity contribution in [3.8, 4) is 5.95 Å². The fourth-order valence-electron chi connectivity index (χ4n) is 1.32. The third-order valence-corrected chi connectivity index (χ3v) is 2.48. The minimum absolute atomic E-state index is 0.499. The van der Waals surface area contributed by atoms with Crippen molar-refractivity contribution in [2.75, 3.05) is 7.11 Å². The first-order valence-corrected chi connectivity index (χ1v) is 5.24. The van der Waals surface area contributed by atoms with Crippen LogP contribution in [0.3, 0.4) is 0 Å². The van der Waals surface area contributed by atoms with Crippen LogP contribution in [-0.4, -0.2) is 7.11 Å². The van der Waals surface area contributed by atoms with E-state index in [0.29, 0.717) is 5.95 Å². The molecule has 1 heterocycles. The standard InChI is InChI=1S/C13H11ClO2/c1-15-13-9-8-11(16-13)7-6-10-4-2-3-5-12(10)14/h2-9H,1H3. The highest BCUT2D eigenvalue weighted by molar-refractivity contribution is 6.32. The molecule has 3 heteroatoms. The maximum atomic E-state index is 6.02. The first-order chi connectivity index (χ1) is 7.79. The normalized spacial score (nSPS) is 10.9. The van der Waals surface area contributed by atoms with Crippen molar-refractivity contribution >= 4 is 23.8 Å². The summed E-state index contributed by atoms with van der Waals surface area (Å²) in [4.78, 5) is 0. The zero-order chi connectivity index (χ0) is 11.4. The van der Waals surface area contributed by atoms with Gasteiger partial charge in [-0.05, 0) is 29.8 Å². The van der Waals surface area contributed by atoms with Gasteiger partial charge in [0.1, 0.15) is 5.76 Å². The summed E-state index contributed by atoms with van der Waals surface area (Å²) in [6.07, 6.45) is 3.75. The number of hydrogen-bond donors (Lipinski definition) is 0. The number of hydrogen-bond acceptors (Lipinski definition) is 2. The molecule has 0 aliphatic heterocycles. The first-order valence-electron chi connectivity index (χ1n) is 4.86. The van der Waals surface area contributed by atoms with Crippen LogP contribution in [0.4, 0.5) is 0 Å². The van der Waals surface area contributed by atoms with Crippen LogP contribution in [0.5, 0.6) is 5.95 Å². The van der Waals surface area contributed by atoms with Gasteiger partial charge in [-0.1, -0.05) is 29.8 Å². The van der Waals surface area contributed by atoms with Gasteiger partial charge in [0.15, 0.2) is 0 Å². The van der Waals surface area contributed by atoms with Gasteiger partial charge in [-0.3, -0.25) is 0 Å². The molecule has 0 N–H and O–H groups in total. The molecule has 1 aromatic carbocycles. The third kappa shape index (κ3) is 2.47. The van der Waals surface area contributed by atoms with E-state index < -0.39 is 0 Å². The minimum atomic E-state index is 0.499. The Labute approximate surface area is 99.1 Å². The molecular formula is C13H11ClO2. The van der Waals surface area contributed by atoms with Gasteiger partial charge in [-0.2, -0.15) is 0 Å². The quantitative estimate of drug-likeness (QED) is 0.797. The van der Waals surface area contributed by atoms with Crippen LogP contribution in [0, 0.1) is 0 Å². The molecule has 2 rings (SSSR count). The summed E-state index contributed by atoms with van der Waals surface area (Å²) in [5.41, 5.74) is 0.958. The lowest BCUT2D eigenvalue weighted by molar-refractivity contribution is 0.303. The molecule has 0 fully saturated rings. The van der Waals surface area contributed by atoms with Crippen molar-refractivity contribution in [1.29, 1.82) is 0 Å². The molecule has 0 aliphatic rings. The summed E-state index contributed by atoms with van der Waals surface area (Å²) in [6.45, 7) is 0. The van der Waals surface area contributed by atoms with Gasteiger partial charge in [-0.25, -0.2) is 0 Å². The zero-order valence-corrected chi connectivity index (χ0v) is 9.57. The van der Waals surface area contributed by atoms with Crippen LogP contribution in [0.15, 0.2) is 40.8 Å². The summed E-state index contributed by atoms with van der Waals surface area (Å²) in [5, 5.41) is 0.720. The zero-order valence-electron chi connectivity index (χ0n) is 8.81. The maximum Gasteiger partial charge on any atom is 0.284 e. The lowest BCUT2D eigenvalue weighted by Crippen LogP contribution is -1.75. The highest BCUT2D eigenvalue weighted by Gasteiger charge is 1.98. The molecule has 2 nitrogen and oxygen atoms in total. The summed E-state index contributed by atoms with van der Waals surface area (Å²) in [7, 11) is 1.57. The SMILES string of the molecule is COc1ccc(C=Cc2ccccc2Cl)o1. The Morgan fingerprint density at radius 3 is 2.62 bits per heavy atom. The summed E-state index contributed by atoms with van der Waals surface area (Å²) in [5.74, 6) is 1.23. The predicted molar refractivity (Wildman–Crippen MR) is 65.6 cm³/mol. The molecule has 0 spiro atoms. The number of ether oxygens (including phenoxy) is 1. The Morgan fingerprint density at radius 1 is 1.12 bits per heavy atom. The van der Waals surface area contributed by atoms with Crippen LogP contribution in [0.2, 0.25) is 5.02 Å². The van der Waals surface area contributed by atoms with E-state index in [1.54, 1.807) is 13.2 Å². The van der Waals surface area contributed by atoms with Crippen molar-refractivity contribution in [2.45, 2.75) is 0 Å². The van der Waals surface area contributed by atoms with Crippen molar-refractivity contribution in [2.24, 2.45) is 0 Å². The van der Waals surface area contributed by atoms with Crippen molar-refractivity contribution in [3.63, 3.8) is 0 Å². The maximum absolute atomic E-state index is 6.02. The number of rotatable bonds is 3. The highest BCUT2D eigenvalue weighted by Crippen LogP contribution is 2.20. The van der Waals surface area contributed by atoms with Gasteiger partial charge in [0.25, 0.3) is 5.95 Å². The smallest absolute Gasteiger partial charge is 0.284 e. The molecule has 0 aliphatic carbocycles. The fourth-order valence-corrected chi connectivity index (χ4v) is 1.51. The highest BCUT2D eigenvalue weighted by atomic mass is 35.5. The number of methoxy groups -OCH3 is 1. The van der Waals surface area contributed by atoms with E-state index in [1.807, 2.05) is 42.5 Å². The number of furan rings is 1. The van der Waals surface area contributed by atoms with Crippen molar-refractivity contribution in [1.82, 2.24) is 0 Å².